The van der Waals surface area contributed by atoms with Crippen LogP contribution in [-0.2, 0) is 5.41 Å². The molecule has 0 aliphatic carbocycles. The normalized spacial score (nSPS) is 15.4. The van der Waals surface area contributed by atoms with Crippen LogP contribution in [0.25, 0.3) is 10.9 Å². The number of aromatic nitrogens is 2. The van der Waals surface area contributed by atoms with E-state index in [1.165, 1.54) is 12.1 Å². The van der Waals surface area contributed by atoms with Crippen molar-refractivity contribution < 1.29 is 4.39 Å². The van der Waals surface area contributed by atoms with Crippen molar-refractivity contribution in [1.29, 1.82) is 5.26 Å². The second-order valence-electron chi connectivity index (χ2n) is 9.27. The zero-order valence-corrected chi connectivity index (χ0v) is 19.3. The number of benzene rings is 3. The summed E-state index contributed by atoms with van der Waals surface area (Å²) in [4.78, 5) is 2.51. The van der Waals surface area contributed by atoms with Gasteiger partial charge in [0, 0.05) is 23.1 Å². The Balaban J connectivity index is 1.23. The highest BCUT2D eigenvalue weighted by Gasteiger charge is 2.34. The van der Waals surface area contributed by atoms with Crippen LogP contribution in [0.3, 0.4) is 0 Å². The molecule has 1 saturated heterocycles. The number of nitriles is 1. The Morgan fingerprint density at radius 3 is 2.24 bits per heavy atom. The van der Waals surface area contributed by atoms with Gasteiger partial charge in [-0.1, -0.05) is 60.7 Å². The van der Waals surface area contributed by atoms with E-state index in [1.54, 1.807) is 0 Å². The number of fused-ring (bicyclic) bond motifs is 1. The van der Waals surface area contributed by atoms with Gasteiger partial charge in [0.15, 0.2) is 0 Å². The second kappa shape index (κ2) is 9.79. The summed E-state index contributed by atoms with van der Waals surface area (Å²) in [6.07, 6.45) is 3.84. The highest BCUT2D eigenvalue weighted by molar-refractivity contribution is 5.81. The molecule has 0 bridgehead atoms. The van der Waals surface area contributed by atoms with E-state index in [0.717, 1.165) is 67.5 Å². The van der Waals surface area contributed by atoms with Gasteiger partial charge in [-0.2, -0.15) is 10.4 Å². The number of hydrogen-bond donors (Lipinski definition) is 1. The topological polar surface area (TPSA) is 55.7 Å². The molecule has 0 radical (unpaired) electrons. The molecule has 4 aromatic rings. The van der Waals surface area contributed by atoms with Gasteiger partial charge < -0.3 is 4.90 Å². The lowest BCUT2D eigenvalue weighted by molar-refractivity contribution is 0.205. The van der Waals surface area contributed by atoms with E-state index in [4.69, 9.17) is 0 Å². The first kappa shape index (κ1) is 22.3. The van der Waals surface area contributed by atoms with Crippen molar-refractivity contribution in [3.8, 4) is 6.07 Å². The molecule has 1 N–H and O–H groups in total. The largest absolute Gasteiger partial charge is 0.303 e. The fourth-order valence-electron chi connectivity index (χ4n) is 5.42. The van der Waals surface area contributed by atoms with Gasteiger partial charge in [0.25, 0.3) is 0 Å². The van der Waals surface area contributed by atoms with Crippen LogP contribution in [0, 0.1) is 17.1 Å². The third-order valence-corrected chi connectivity index (χ3v) is 7.29. The molecule has 0 atom stereocenters. The number of nitrogens with zero attached hydrogens (tertiary/aromatic N) is 3. The molecule has 0 spiro atoms. The van der Waals surface area contributed by atoms with Crippen molar-refractivity contribution in [1.82, 2.24) is 15.1 Å². The van der Waals surface area contributed by atoms with Crippen molar-refractivity contribution in [3.63, 3.8) is 0 Å². The minimum absolute atomic E-state index is 0.250. The van der Waals surface area contributed by atoms with Crippen molar-refractivity contribution >= 4 is 10.9 Å². The number of nitrogens with one attached hydrogen (secondary N) is 1. The molecule has 1 fully saturated rings. The van der Waals surface area contributed by atoms with Gasteiger partial charge in [-0.3, -0.25) is 5.10 Å². The summed E-state index contributed by atoms with van der Waals surface area (Å²) in [6, 6.07) is 27.9. The molecular weight excluding hydrogens is 423 g/mol. The Hall–Kier alpha value is -3.49. The monoisotopic (exact) mass is 452 g/mol. The molecule has 0 saturated carbocycles. The van der Waals surface area contributed by atoms with Crippen LogP contribution in [0.15, 0.2) is 78.9 Å². The average molecular weight is 453 g/mol. The summed E-state index contributed by atoms with van der Waals surface area (Å²) in [7, 11) is 0. The van der Waals surface area contributed by atoms with Crippen molar-refractivity contribution in [2.24, 2.45) is 0 Å². The molecule has 172 valence electrons. The maximum absolute atomic E-state index is 13.5. The van der Waals surface area contributed by atoms with Gasteiger partial charge in [0.1, 0.15) is 11.2 Å². The SMILES string of the molecule is N#CC(CCCN1CCC(c2[nH]nc3cc(F)ccc23)CC1)(c1ccccc1)c1ccccc1. The van der Waals surface area contributed by atoms with Crippen LogP contribution in [0.2, 0.25) is 0 Å². The number of rotatable bonds is 7. The van der Waals surface area contributed by atoms with Crippen molar-refractivity contribution in [2.45, 2.75) is 37.0 Å². The average Bonchev–Trinajstić information content (AvgIpc) is 3.31. The predicted molar refractivity (Wildman–Crippen MR) is 133 cm³/mol. The van der Waals surface area contributed by atoms with Gasteiger partial charge in [0.05, 0.1) is 11.6 Å². The van der Waals surface area contributed by atoms with Crippen LogP contribution in [0.4, 0.5) is 4.39 Å². The van der Waals surface area contributed by atoms with Gasteiger partial charge >= 0.3 is 0 Å². The van der Waals surface area contributed by atoms with E-state index < -0.39 is 5.41 Å². The molecule has 5 heteroatoms. The summed E-state index contributed by atoms with van der Waals surface area (Å²) < 4.78 is 13.5. The highest BCUT2D eigenvalue weighted by atomic mass is 19.1. The van der Waals surface area contributed by atoms with Crippen molar-refractivity contribution in [2.75, 3.05) is 19.6 Å². The second-order valence-corrected chi connectivity index (χ2v) is 9.27. The summed E-state index contributed by atoms with van der Waals surface area (Å²) in [5.41, 5.74) is 3.32. The van der Waals surface area contributed by atoms with Crippen LogP contribution < -0.4 is 0 Å². The first-order valence-corrected chi connectivity index (χ1v) is 12.1. The van der Waals surface area contributed by atoms with Gasteiger partial charge in [-0.25, -0.2) is 4.39 Å². The third kappa shape index (κ3) is 4.34. The molecule has 5 rings (SSSR count). The molecule has 34 heavy (non-hydrogen) atoms. The number of halogens is 1. The van der Waals surface area contributed by atoms with E-state index in [9.17, 15) is 9.65 Å². The van der Waals surface area contributed by atoms with Crippen LogP contribution in [0.5, 0.6) is 0 Å². The summed E-state index contributed by atoms with van der Waals surface area (Å²) in [6.45, 7) is 3.01. The lowest BCUT2D eigenvalue weighted by Gasteiger charge is -2.33. The first-order valence-electron chi connectivity index (χ1n) is 12.1. The Morgan fingerprint density at radius 1 is 0.971 bits per heavy atom. The molecule has 1 aliphatic rings. The third-order valence-electron chi connectivity index (χ3n) is 7.29. The van der Waals surface area contributed by atoms with E-state index in [2.05, 4.69) is 45.4 Å². The maximum atomic E-state index is 13.5. The number of hydrogen-bond acceptors (Lipinski definition) is 3. The van der Waals surface area contributed by atoms with Gasteiger partial charge in [0.2, 0.25) is 0 Å². The standard InChI is InChI=1S/C29H29FN4/c30-25-12-13-26-27(20-25)32-33-28(26)22-14-18-34(19-15-22)17-7-16-29(21-31,23-8-3-1-4-9-23)24-10-5-2-6-11-24/h1-6,8-13,20,22H,7,14-19H2,(H,32,33). The number of likely N-dealkylation sites (tertiary alicyclic amines) is 1. The van der Waals surface area contributed by atoms with Crippen LogP contribution in [-0.4, -0.2) is 34.7 Å². The highest BCUT2D eigenvalue weighted by Crippen LogP contribution is 2.37. The van der Waals surface area contributed by atoms with Gasteiger partial charge in [-0.15, -0.1) is 0 Å². The minimum atomic E-state index is -0.634. The fourth-order valence-corrected chi connectivity index (χ4v) is 5.42. The quantitative estimate of drug-likeness (QED) is 0.365. The molecule has 1 aliphatic heterocycles. The fraction of sp³-hybridized carbons (Fsp3) is 0.310. The molecule has 0 amide bonds. The Kier molecular flexibility index (Phi) is 6.42. The van der Waals surface area contributed by atoms with E-state index in [-0.39, 0.29) is 5.82 Å². The van der Waals surface area contributed by atoms with E-state index >= 15 is 0 Å². The predicted octanol–water partition coefficient (Wildman–Crippen LogP) is 6.17. The zero-order chi connectivity index (χ0) is 23.4. The number of aromatic amines is 1. The zero-order valence-electron chi connectivity index (χ0n) is 19.3. The maximum Gasteiger partial charge on any atom is 0.125 e. The summed E-state index contributed by atoms with van der Waals surface area (Å²) in [5.74, 6) is 0.165. The molecular formula is C29H29FN4. The number of piperidine rings is 1. The molecule has 2 heterocycles. The van der Waals surface area contributed by atoms with E-state index in [1.807, 2.05) is 42.5 Å². The minimum Gasteiger partial charge on any atom is -0.303 e. The Labute approximate surface area is 200 Å². The Bertz CT molecular complexity index is 1230. The summed E-state index contributed by atoms with van der Waals surface area (Å²) in [5, 5.41) is 18.9. The molecule has 4 nitrogen and oxygen atoms in total. The molecule has 0 unspecified atom stereocenters. The van der Waals surface area contributed by atoms with Crippen LogP contribution in [0.1, 0.15) is 48.4 Å². The lowest BCUT2D eigenvalue weighted by Crippen LogP contribution is -2.35. The number of H-pyrrole nitrogens is 1. The molecule has 3 aromatic carbocycles. The molecule has 1 aromatic heterocycles. The smallest absolute Gasteiger partial charge is 0.125 e. The van der Waals surface area contributed by atoms with Gasteiger partial charge in [-0.05, 0) is 68.6 Å². The van der Waals surface area contributed by atoms with E-state index in [0.29, 0.717) is 11.4 Å². The first-order chi connectivity index (χ1) is 16.7. The van der Waals surface area contributed by atoms with Crippen molar-refractivity contribution in [3.05, 3.63) is 102 Å². The summed E-state index contributed by atoms with van der Waals surface area (Å²) >= 11 is 0. The Morgan fingerprint density at radius 2 is 1.62 bits per heavy atom. The lowest BCUT2D eigenvalue weighted by atomic mass is 9.72. The van der Waals surface area contributed by atoms with Crippen LogP contribution >= 0.6 is 0 Å².